The highest BCUT2D eigenvalue weighted by Crippen LogP contribution is 2.28. The molecule has 0 N–H and O–H groups in total. The second-order valence-electron chi connectivity index (χ2n) is 7.77. The van der Waals surface area contributed by atoms with Crippen molar-refractivity contribution in [2.45, 2.75) is 48.6 Å². The zero-order valence-electron chi connectivity index (χ0n) is 18.9. The monoisotopic (exact) mass is 505 g/mol. The van der Waals surface area contributed by atoms with E-state index in [4.69, 9.17) is 4.74 Å². The minimum Gasteiger partial charge on any atom is -0.497 e. The van der Waals surface area contributed by atoms with E-state index in [2.05, 4.69) is 34.7 Å². The number of hydrogen-bond donors (Lipinski definition) is 0. The lowest BCUT2D eigenvalue weighted by molar-refractivity contribution is -0.121. The predicted octanol–water partition coefficient (Wildman–Crippen LogP) is 4.12. The summed E-state index contributed by atoms with van der Waals surface area (Å²) in [5.74, 6) is 0.166. The van der Waals surface area contributed by atoms with E-state index in [0.717, 1.165) is 28.1 Å². The molecule has 2 aromatic carbocycles. The summed E-state index contributed by atoms with van der Waals surface area (Å²) in [6.45, 7) is 3.13. The number of nitrogens with zero attached hydrogens (tertiary/aromatic N) is 3. The Balaban J connectivity index is 1.69. The van der Waals surface area contributed by atoms with Gasteiger partial charge in [0.2, 0.25) is 10.0 Å². The summed E-state index contributed by atoms with van der Waals surface area (Å²) in [6, 6.07) is 11.7. The Hall–Kier alpha value is -2.14. The van der Waals surface area contributed by atoms with Crippen molar-refractivity contribution in [1.29, 1.82) is 0 Å². The molecule has 2 heterocycles. The Morgan fingerprint density at radius 1 is 1.24 bits per heavy atom. The van der Waals surface area contributed by atoms with Gasteiger partial charge >= 0.3 is 0 Å². The molecule has 3 aromatic rings. The van der Waals surface area contributed by atoms with Gasteiger partial charge in [-0.05, 0) is 68.0 Å². The molecule has 1 aromatic heterocycles. The molecule has 176 valence electrons. The predicted molar refractivity (Wildman–Crippen MR) is 132 cm³/mol. The minimum atomic E-state index is -3.81. The Morgan fingerprint density at radius 2 is 2.00 bits per heavy atom. The van der Waals surface area contributed by atoms with Crippen molar-refractivity contribution in [1.82, 2.24) is 8.87 Å². The van der Waals surface area contributed by atoms with Gasteiger partial charge in [-0.15, -0.1) is 11.8 Å². The lowest BCUT2D eigenvalue weighted by Gasteiger charge is -2.21. The first-order valence-corrected chi connectivity index (χ1v) is 14.3. The van der Waals surface area contributed by atoms with E-state index in [0.29, 0.717) is 29.9 Å². The Labute approximate surface area is 202 Å². The third kappa shape index (κ3) is 4.75. The van der Waals surface area contributed by atoms with Crippen LogP contribution >= 0.6 is 23.1 Å². The average molecular weight is 506 g/mol. The van der Waals surface area contributed by atoms with Crippen LogP contribution in [0.15, 0.2) is 57.2 Å². The highest BCUT2D eigenvalue weighted by Gasteiger charge is 2.39. The Bertz CT molecular complexity index is 1330. The number of ether oxygens (including phenoxy) is 1. The first kappa shape index (κ1) is 24.0. The summed E-state index contributed by atoms with van der Waals surface area (Å²) in [5, 5.41) is 0. The third-order valence-electron chi connectivity index (χ3n) is 5.70. The number of rotatable bonds is 7. The van der Waals surface area contributed by atoms with Crippen molar-refractivity contribution in [2.24, 2.45) is 4.99 Å². The van der Waals surface area contributed by atoms with Gasteiger partial charge < -0.3 is 9.30 Å². The van der Waals surface area contributed by atoms with Gasteiger partial charge in [0.25, 0.3) is 5.91 Å². The molecule has 1 aliphatic rings. The number of thiazole rings is 1. The summed E-state index contributed by atoms with van der Waals surface area (Å²) >= 11 is 3.14. The molecule has 33 heavy (non-hydrogen) atoms. The molecule has 0 saturated carbocycles. The van der Waals surface area contributed by atoms with Crippen molar-refractivity contribution >= 4 is 49.2 Å². The van der Waals surface area contributed by atoms with E-state index in [1.165, 1.54) is 34.9 Å². The lowest BCUT2D eigenvalue weighted by Crippen LogP contribution is -2.40. The van der Waals surface area contributed by atoms with Gasteiger partial charge in [-0.2, -0.15) is 9.30 Å². The van der Waals surface area contributed by atoms with Crippen LogP contribution in [0.3, 0.4) is 0 Å². The van der Waals surface area contributed by atoms with E-state index < -0.39 is 22.0 Å². The van der Waals surface area contributed by atoms with Crippen LogP contribution in [0.1, 0.15) is 26.2 Å². The van der Waals surface area contributed by atoms with Crippen molar-refractivity contribution in [2.75, 3.05) is 19.9 Å². The molecule has 1 aliphatic heterocycles. The van der Waals surface area contributed by atoms with Crippen LogP contribution in [-0.4, -0.2) is 49.1 Å². The molecule has 1 fully saturated rings. The highest BCUT2D eigenvalue weighted by molar-refractivity contribution is 7.98. The van der Waals surface area contributed by atoms with Crippen molar-refractivity contribution in [3.63, 3.8) is 0 Å². The number of benzene rings is 2. The summed E-state index contributed by atoms with van der Waals surface area (Å²) < 4.78 is 36.1. The molecule has 1 amide bonds. The van der Waals surface area contributed by atoms with E-state index in [1.807, 2.05) is 6.26 Å². The van der Waals surface area contributed by atoms with Gasteiger partial charge in [-0.3, -0.25) is 4.79 Å². The van der Waals surface area contributed by atoms with E-state index in [1.54, 1.807) is 23.9 Å². The zero-order chi connectivity index (χ0) is 23.6. The van der Waals surface area contributed by atoms with Gasteiger partial charge in [-0.1, -0.05) is 18.3 Å². The van der Waals surface area contributed by atoms with E-state index in [9.17, 15) is 13.2 Å². The van der Waals surface area contributed by atoms with Crippen molar-refractivity contribution in [3.05, 3.63) is 47.3 Å². The standard InChI is InChI=1S/C23H27N3O4S3/c1-4-13-25-19-12-9-17(31-3)15-21(19)32-23(25)24-22(27)20-6-5-14-26(20)33(28,29)18-10-7-16(30-2)8-11-18/h7-12,15,20H,4-6,13-14H2,1-3H3. The number of methoxy groups -OCH3 is 1. The fourth-order valence-corrected chi connectivity index (χ4v) is 7.30. The second kappa shape index (κ2) is 10.0. The van der Waals surface area contributed by atoms with Gasteiger partial charge in [0.05, 0.1) is 22.2 Å². The van der Waals surface area contributed by atoms with E-state index in [-0.39, 0.29) is 4.90 Å². The minimum absolute atomic E-state index is 0.149. The number of fused-ring (bicyclic) bond motifs is 1. The summed E-state index contributed by atoms with van der Waals surface area (Å²) in [5.41, 5.74) is 1.04. The Morgan fingerprint density at radius 3 is 2.67 bits per heavy atom. The molecule has 10 heteroatoms. The molecule has 1 atom stereocenters. The molecule has 7 nitrogen and oxygen atoms in total. The quantitative estimate of drug-likeness (QED) is 0.451. The number of carbonyl (C=O) groups is 1. The van der Waals surface area contributed by atoms with Crippen LogP contribution < -0.4 is 9.54 Å². The first-order valence-electron chi connectivity index (χ1n) is 10.8. The molecule has 0 spiro atoms. The number of sulfonamides is 1. The first-order chi connectivity index (χ1) is 15.9. The maximum atomic E-state index is 13.3. The smallest absolute Gasteiger partial charge is 0.266 e. The van der Waals surface area contributed by atoms with Crippen LogP contribution in [0.2, 0.25) is 0 Å². The molecule has 1 saturated heterocycles. The number of amides is 1. The average Bonchev–Trinajstić information content (AvgIpc) is 3.45. The topological polar surface area (TPSA) is 81.0 Å². The molecule has 1 unspecified atom stereocenters. The maximum absolute atomic E-state index is 13.3. The summed E-state index contributed by atoms with van der Waals surface area (Å²) in [4.78, 5) is 19.6. The van der Waals surface area contributed by atoms with Crippen LogP contribution in [0, 0.1) is 0 Å². The van der Waals surface area contributed by atoms with Gasteiger partial charge in [0.15, 0.2) is 4.80 Å². The molecular weight excluding hydrogens is 478 g/mol. The summed E-state index contributed by atoms with van der Waals surface area (Å²) in [6.07, 6.45) is 4.02. The molecular formula is C23H27N3O4S3. The number of aromatic nitrogens is 1. The normalized spacial score (nSPS) is 17.7. The fraction of sp³-hybridized carbons (Fsp3) is 0.391. The molecule has 0 bridgehead atoms. The largest absolute Gasteiger partial charge is 0.497 e. The van der Waals surface area contributed by atoms with Gasteiger partial charge in [-0.25, -0.2) is 8.42 Å². The number of hydrogen-bond acceptors (Lipinski definition) is 6. The second-order valence-corrected chi connectivity index (χ2v) is 11.5. The van der Waals surface area contributed by atoms with Crippen molar-refractivity contribution < 1.29 is 17.9 Å². The lowest BCUT2D eigenvalue weighted by atomic mass is 10.2. The molecule has 4 rings (SSSR count). The maximum Gasteiger partial charge on any atom is 0.266 e. The van der Waals surface area contributed by atoms with Gasteiger partial charge in [0.1, 0.15) is 11.8 Å². The van der Waals surface area contributed by atoms with Crippen molar-refractivity contribution in [3.8, 4) is 5.75 Å². The molecule has 0 aliphatic carbocycles. The third-order valence-corrected chi connectivity index (χ3v) is 9.39. The van der Waals surface area contributed by atoms with E-state index >= 15 is 0 Å². The number of aryl methyl sites for hydroxylation is 1. The van der Waals surface area contributed by atoms with Gasteiger partial charge in [0, 0.05) is 18.0 Å². The van der Waals surface area contributed by atoms with Crippen LogP contribution in [0.5, 0.6) is 5.75 Å². The highest BCUT2D eigenvalue weighted by atomic mass is 32.2. The number of carbonyl (C=O) groups excluding carboxylic acids is 1. The number of thioether (sulfide) groups is 1. The van der Waals surface area contributed by atoms with Crippen LogP contribution in [0.4, 0.5) is 0 Å². The fourth-order valence-electron chi connectivity index (χ4n) is 4.03. The summed E-state index contributed by atoms with van der Waals surface area (Å²) in [7, 11) is -2.28. The van der Waals surface area contributed by atoms with Crippen LogP contribution in [0.25, 0.3) is 10.2 Å². The van der Waals surface area contributed by atoms with Crippen LogP contribution in [-0.2, 0) is 21.4 Å². The SMILES string of the molecule is CCCn1c(=NC(=O)C2CCCN2S(=O)(=O)c2ccc(OC)cc2)sc2cc(SC)ccc21. The molecule has 0 radical (unpaired) electrons. The Kier molecular flexibility index (Phi) is 7.28. The zero-order valence-corrected chi connectivity index (χ0v) is 21.3.